The van der Waals surface area contributed by atoms with Crippen molar-refractivity contribution in [3.8, 4) is 0 Å². The number of Topliss-reactive ketones (excluding diaryl/α,β-unsaturated/α-hetero) is 2. The summed E-state index contributed by atoms with van der Waals surface area (Å²) in [5.41, 5.74) is 2.04. The van der Waals surface area contributed by atoms with E-state index in [1.54, 1.807) is 0 Å². The number of carbonyl (C=O) groups is 2. The number of carbonyl (C=O) groups excluding carboxylic acids is 2. The van der Waals surface area contributed by atoms with Gasteiger partial charge in [-0.3, -0.25) is 9.59 Å². The molecule has 6 bridgehead atoms. The van der Waals surface area contributed by atoms with E-state index in [0.29, 0.717) is 12.4 Å². The highest BCUT2D eigenvalue weighted by molar-refractivity contribution is 5.99. The molecule has 3 saturated heterocycles. The van der Waals surface area contributed by atoms with Crippen LogP contribution >= 0.6 is 0 Å². The minimum absolute atomic E-state index is 0.0311. The average Bonchev–Trinajstić information content (AvgIpc) is 3.37. The lowest BCUT2D eigenvalue weighted by Gasteiger charge is -2.57. The number of para-hydroxylation sites is 1. The van der Waals surface area contributed by atoms with Crippen molar-refractivity contribution >= 4 is 23.3 Å². The summed E-state index contributed by atoms with van der Waals surface area (Å²) in [6.07, 6.45) is 10.5. The summed E-state index contributed by atoms with van der Waals surface area (Å²) in [7, 11) is 0. The zero-order valence-corrected chi connectivity index (χ0v) is 18.2. The molecule has 0 aromatic heterocycles. The minimum Gasteiger partial charge on any atom is -0.353 e. The van der Waals surface area contributed by atoms with Gasteiger partial charge in [0.2, 0.25) is 6.29 Å². The molecule has 5 heteroatoms. The van der Waals surface area contributed by atoms with Crippen molar-refractivity contribution in [1.82, 2.24) is 0 Å². The van der Waals surface area contributed by atoms with Gasteiger partial charge in [-0.15, -0.1) is 0 Å². The predicted octanol–water partition coefficient (Wildman–Crippen LogP) is 3.61. The molecular weight excluding hydrogens is 402 g/mol. The molecule has 0 radical (unpaired) electrons. The number of anilines is 1. The largest absolute Gasteiger partial charge is 0.353 e. The molecule has 4 heterocycles. The van der Waals surface area contributed by atoms with Crippen molar-refractivity contribution in [2.45, 2.75) is 63.0 Å². The molecule has 0 N–H and O–H groups in total. The molecule has 8 aliphatic rings. The zero-order chi connectivity index (χ0) is 21.2. The van der Waals surface area contributed by atoms with E-state index in [2.05, 4.69) is 35.3 Å². The van der Waals surface area contributed by atoms with E-state index in [4.69, 9.17) is 9.47 Å². The first-order valence-electron chi connectivity index (χ1n) is 12.5. The van der Waals surface area contributed by atoms with Crippen molar-refractivity contribution in [2.75, 3.05) is 11.5 Å². The molecule has 0 spiro atoms. The maximum atomic E-state index is 14.7. The third-order valence-corrected chi connectivity index (χ3v) is 9.99. The summed E-state index contributed by atoms with van der Waals surface area (Å²) in [6, 6.07) is 7.96. The van der Waals surface area contributed by atoms with Crippen molar-refractivity contribution in [3.05, 3.63) is 35.9 Å². The Bertz CT molecular complexity index is 1030. The SMILES string of the molecule is O=C1[C@@H]2OC[C@@H](O2)[C@@H]2[C@H]1[C@@H]1C=Cc3ccccc3N1[C@@H]2C(=O)C12CC3CC(CC(C3)C1)C2. The van der Waals surface area contributed by atoms with E-state index in [1.807, 2.05) is 6.07 Å². The summed E-state index contributed by atoms with van der Waals surface area (Å²) >= 11 is 0. The maximum absolute atomic E-state index is 14.7. The fourth-order valence-electron chi connectivity index (χ4n) is 9.30. The van der Waals surface area contributed by atoms with Crippen LogP contribution in [0.25, 0.3) is 6.08 Å². The first kappa shape index (κ1) is 18.4. The van der Waals surface area contributed by atoms with Crippen molar-refractivity contribution < 1.29 is 19.1 Å². The quantitative estimate of drug-likeness (QED) is 0.716. The molecule has 1 aromatic carbocycles. The summed E-state index contributed by atoms with van der Waals surface area (Å²) in [5.74, 6) is 2.24. The first-order valence-corrected chi connectivity index (χ1v) is 12.5. The van der Waals surface area contributed by atoms with Crippen molar-refractivity contribution in [3.63, 3.8) is 0 Å². The summed E-state index contributed by atoms with van der Waals surface area (Å²) in [4.78, 5) is 30.5. The van der Waals surface area contributed by atoms with Crippen molar-refractivity contribution in [2.24, 2.45) is 35.0 Å². The highest BCUT2D eigenvalue weighted by Crippen LogP contribution is 2.62. The second kappa shape index (κ2) is 6.12. The summed E-state index contributed by atoms with van der Waals surface area (Å²) < 4.78 is 11.8. The van der Waals surface area contributed by atoms with Gasteiger partial charge < -0.3 is 14.4 Å². The topological polar surface area (TPSA) is 55.8 Å². The first-order chi connectivity index (χ1) is 15.6. The van der Waals surface area contributed by atoms with Crippen LogP contribution in [0.5, 0.6) is 0 Å². The molecule has 166 valence electrons. The zero-order valence-electron chi connectivity index (χ0n) is 18.2. The van der Waals surface area contributed by atoms with Gasteiger partial charge in [0, 0.05) is 17.0 Å². The van der Waals surface area contributed by atoms with Gasteiger partial charge in [0.15, 0.2) is 11.6 Å². The lowest BCUT2D eigenvalue weighted by Crippen LogP contribution is -2.58. The van der Waals surface area contributed by atoms with Crippen LogP contribution in [0, 0.1) is 35.0 Å². The number of ketones is 2. The molecule has 4 saturated carbocycles. The van der Waals surface area contributed by atoms with Gasteiger partial charge in [-0.25, -0.2) is 0 Å². The Labute approximate surface area is 188 Å². The highest BCUT2D eigenvalue weighted by Gasteiger charge is 2.66. The summed E-state index contributed by atoms with van der Waals surface area (Å²) in [6.45, 7) is 0.425. The molecule has 0 amide bonds. The maximum Gasteiger partial charge on any atom is 0.218 e. The smallest absolute Gasteiger partial charge is 0.218 e. The molecule has 7 fully saturated rings. The van der Waals surface area contributed by atoms with Crippen molar-refractivity contribution in [1.29, 1.82) is 0 Å². The van der Waals surface area contributed by atoms with Crippen LogP contribution in [0.1, 0.15) is 44.1 Å². The average molecular weight is 432 g/mol. The molecule has 4 aliphatic heterocycles. The lowest BCUT2D eigenvalue weighted by molar-refractivity contribution is -0.166. The Kier molecular flexibility index (Phi) is 3.53. The Morgan fingerprint density at radius 3 is 2.50 bits per heavy atom. The Morgan fingerprint density at radius 1 is 1.03 bits per heavy atom. The van der Waals surface area contributed by atoms with Gasteiger partial charge >= 0.3 is 0 Å². The van der Waals surface area contributed by atoms with Gasteiger partial charge in [0.05, 0.1) is 30.7 Å². The monoisotopic (exact) mass is 431 g/mol. The van der Waals surface area contributed by atoms with Gasteiger partial charge in [-0.05, 0) is 67.9 Å². The second-order valence-electron chi connectivity index (χ2n) is 11.7. The number of benzene rings is 1. The normalized spacial score (nSPS) is 49.2. The van der Waals surface area contributed by atoms with E-state index in [9.17, 15) is 9.59 Å². The number of fused-ring (bicyclic) bond motifs is 8. The minimum atomic E-state index is -0.748. The Hall–Kier alpha value is -1.98. The van der Waals surface area contributed by atoms with Crippen LogP contribution in [0.15, 0.2) is 30.3 Å². The summed E-state index contributed by atoms with van der Waals surface area (Å²) in [5, 5.41) is 0. The van der Waals surface area contributed by atoms with E-state index in [0.717, 1.165) is 48.3 Å². The van der Waals surface area contributed by atoms with Gasteiger partial charge in [0.25, 0.3) is 0 Å². The molecule has 5 nitrogen and oxygen atoms in total. The fourth-order valence-corrected chi connectivity index (χ4v) is 9.30. The fraction of sp³-hybridized carbons (Fsp3) is 0.630. The Morgan fingerprint density at radius 2 is 1.75 bits per heavy atom. The Balaban J connectivity index is 1.28. The number of rotatable bonds is 2. The molecule has 1 aromatic rings. The number of hydrogen-bond donors (Lipinski definition) is 0. The van der Waals surface area contributed by atoms with Crippen LogP contribution in [-0.4, -0.2) is 42.7 Å². The lowest BCUT2D eigenvalue weighted by atomic mass is 9.47. The molecule has 32 heavy (non-hydrogen) atoms. The molecule has 0 unspecified atom stereocenters. The predicted molar refractivity (Wildman–Crippen MR) is 118 cm³/mol. The van der Waals surface area contributed by atoms with E-state index >= 15 is 0 Å². The number of nitrogens with zero attached hydrogens (tertiary/aromatic N) is 1. The highest BCUT2D eigenvalue weighted by atomic mass is 16.7. The standard InChI is InChI=1S/C27H29NO4/c29-24-21-19-6-5-17-3-1-2-4-18(17)28(19)23(22(21)20-13-31-26(24)32-20)25(30)27-10-14-7-15(11-27)9-16(8-14)12-27/h1-6,14-16,19-23,26H,7-13H2/t14?,15?,16?,19-,20+,21+,22+,23-,26+,27?/m0/s1. The molecule has 6 atom stereocenters. The number of ether oxygens (including phenoxy) is 2. The van der Waals surface area contributed by atoms with E-state index in [1.165, 1.54) is 19.3 Å². The van der Waals surface area contributed by atoms with Gasteiger partial charge in [0.1, 0.15) is 0 Å². The molecule has 9 rings (SSSR count). The van der Waals surface area contributed by atoms with Crippen LogP contribution in [0.3, 0.4) is 0 Å². The van der Waals surface area contributed by atoms with Crippen LogP contribution in [0.2, 0.25) is 0 Å². The van der Waals surface area contributed by atoms with Gasteiger partial charge in [-0.1, -0.05) is 30.4 Å². The third kappa shape index (κ3) is 2.22. The van der Waals surface area contributed by atoms with Crippen LogP contribution < -0.4 is 4.90 Å². The molecular formula is C27H29NO4. The van der Waals surface area contributed by atoms with E-state index < -0.39 is 6.29 Å². The number of hydrogen-bond acceptors (Lipinski definition) is 5. The van der Waals surface area contributed by atoms with E-state index in [-0.39, 0.29) is 41.2 Å². The van der Waals surface area contributed by atoms with Crippen LogP contribution in [0.4, 0.5) is 5.69 Å². The molecule has 4 aliphatic carbocycles. The third-order valence-electron chi connectivity index (χ3n) is 9.99. The second-order valence-corrected chi connectivity index (χ2v) is 11.7. The van der Waals surface area contributed by atoms with Gasteiger partial charge in [-0.2, -0.15) is 0 Å². The van der Waals surface area contributed by atoms with Crippen LogP contribution in [-0.2, 0) is 19.1 Å².